The quantitative estimate of drug-likeness (QED) is 0.798. The average molecular weight is 234 g/mol. The fourth-order valence-electron chi connectivity index (χ4n) is 1.78. The zero-order valence-electron chi connectivity index (χ0n) is 9.19. The van der Waals surface area contributed by atoms with E-state index in [1.165, 1.54) is 22.6 Å². The number of aliphatic carboxylic acids is 1. The summed E-state index contributed by atoms with van der Waals surface area (Å²) in [5, 5.41) is 8.81. The predicted octanol–water partition coefficient (Wildman–Crippen LogP) is 3.21. The maximum absolute atomic E-state index is 10.7. The lowest BCUT2D eigenvalue weighted by molar-refractivity contribution is -0.132. The van der Waals surface area contributed by atoms with Gasteiger partial charge in [-0.2, -0.15) is 0 Å². The van der Waals surface area contributed by atoms with Gasteiger partial charge >= 0.3 is 5.97 Å². The Morgan fingerprint density at radius 1 is 1.50 bits per heavy atom. The number of rotatable bonds is 2. The number of carboxylic acids is 1. The summed E-state index contributed by atoms with van der Waals surface area (Å²) >= 11 is 1.89. The van der Waals surface area contributed by atoms with Gasteiger partial charge in [0.15, 0.2) is 0 Å². The molecule has 1 N–H and O–H groups in total. The minimum Gasteiger partial charge on any atom is -0.478 e. The van der Waals surface area contributed by atoms with Gasteiger partial charge in [0.25, 0.3) is 0 Å². The van der Waals surface area contributed by atoms with E-state index in [1.807, 2.05) is 17.8 Å². The third-order valence-electron chi connectivity index (χ3n) is 2.65. The Balaban J connectivity index is 2.30. The van der Waals surface area contributed by atoms with E-state index in [1.54, 1.807) is 13.0 Å². The average Bonchev–Trinajstić information content (AvgIpc) is 2.28. The van der Waals surface area contributed by atoms with Crippen LogP contribution in [-0.4, -0.2) is 16.8 Å². The standard InChI is InChI=1S/C13H14O2S/c1-9(13(14)15)7-10-4-5-12-11(8-10)3-2-6-16-12/h4-5,7-8H,2-3,6H2,1H3,(H,14,15)/b9-7+. The van der Waals surface area contributed by atoms with E-state index < -0.39 is 5.97 Å². The first-order chi connectivity index (χ1) is 7.66. The van der Waals surface area contributed by atoms with Crippen LogP contribution in [0.25, 0.3) is 6.08 Å². The van der Waals surface area contributed by atoms with Crippen LogP contribution in [0.1, 0.15) is 24.5 Å². The van der Waals surface area contributed by atoms with Crippen LogP contribution in [-0.2, 0) is 11.2 Å². The topological polar surface area (TPSA) is 37.3 Å². The van der Waals surface area contributed by atoms with Crippen LogP contribution in [0, 0.1) is 0 Å². The number of fused-ring (bicyclic) bond motifs is 1. The molecule has 0 spiro atoms. The molecule has 0 aliphatic carbocycles. The normalized spacial score (nSPS) is 15.7. The molecule has 0 fully saturated rings. The molecule has 3 heteroatoms. The number of carboxylic acid groups (broad SMARTS) is 1. The van der Waals surface area contributed by atoms with Crippen LogP contribution in [0.5, 0.6) is 0 Å². The largest absolute Gasteiger partial charge is 0.478 e. The molecule has 0 unspecified atom stereocenters. The van der Waals surface area contributed by atoms with Gasteiger partial charge in [0, 0.05) is 10.5 Å². The van der Waals surface area contributed by atoms with Gasteiger partial charge in [-0.1, -0.05) is 12.1 Å². The van der Waals surface area contributed by atoms with Crippen molar-refractivity contribution in [3.05, 3.63) is 34.9 Å². The molecular weight excluding hydrogens is 220 g/mol. The molecule has 2 rings (SSSR count). The molecule has 16 heavy (non-hydrogen) atoms. The first-order valence-electron chi connectivity index (χ1n) is 5.34. The third kappa shape index (κ3) is 2.47. The molecule has 0 saturated heterocycles. The van der Waals surface area contributed by atoms with E-state index in [9.17, 15) is 4.79 Å². The predicted molar refractivity (Wildman–Crippen MR) is 66.8 cm³/mol. The fourth-order valence-corrected chi connectivity index (χ4v) is 2.80. The van der Waals surface area contributed by atoms with Crippen LogP contribution >= 0.6 is 11.8 Å². The number of benzene rings is 1. The van der Waals surface area contributed by atoms with Gasteiger partial charge in [0.05, 0.1) is 0 Å². The van der Waals surface area contributed by atoms with Crippen LogP contribution in [0.4, 0.5) is 0 Å². The summed E-state index contributed by atoms with van der Waals surface area (Å²) in [6.07, 6.45) is 4.04. The van der Waals surface area contributed by atoms with Crippen LogP contribution in [0.3, 0.4) is 0 Å². The Labute approximate surface area is 99.4 Å². The highest BCUT2D eigenvalue weighted by molar-refractivity contribution is 7.99. The van der Waals surface area contributed by atoms with E-state index >= 15 is 0 Å². The minimum absolute atomic E-state index is 0.378. The van der Waals surface area contributed by atoms with Gasteiger partial charge in [-0.15, -0.1) is 11.8 Å². The number of thioether (sulfide) groups is 1. The number of hydrogen-bond acceptors (Lipinski definition) is 2. The van der Waals surface area contributed by atoms with E-state index in [0.717, 1.165) is 12.0 Å². The van der Waals surface area contributed by atoms with Gasteiger partial charge in [0.2, 0.25) is 0 Å². The monoisotopic (exact) mass is 234 g/mol. The molecule has 0 radical (unpaired) electrons. The van der Waals surface area contributed by atoms with Crippen molar-refractivity contribution in [3.8, 4) is 0 Å². The highest BCUT2D eigenvalue weighted by atomic mass is 32.2. The number of aryl methyl sites for hydroxylation is 1. The summed E-state index contributed by atoms with van der Waals surface area (Å²) < 4.78 is 0. The molecule has 2 nitrogen and oxygen atoms in total. The molecule has 1 aromatic rings. The lowest BCUT2D eigenvalue weighted by Crippen LogP contribution is -1.99. The molecule has 1 aromatic carbocycles. The van der Waals surface area contributed by atoms with Gasteiger partial charge in [0.1, 0.15) is 0 Å². The Morgan fingerprint density at radius 2 is 2.31 bits per heavy atom. The fraction of sp³-hybridized carbons (Fsp3) is 0.308. The molecule has 1 heterocycles. The number of carbonyl (C=O) groups is 1. The van der Waals surface area contributed by atoms with Crippen molar-refractivity contribution in [3.63, 3.8) is 0 Å². The SMILES string of the molecule is C/C(=C\c1ccc2c(c1)CCCS2)C(=O)O. The van der Waals surface area contributed by atoms with E-state index in [0.29, 0.717) is 5.57 Å². The van der Waals surface area contributed by atoms with Gasteiger partial charge in [-0.3, -0.25) is 0 Å². The van der Waals surface area contributed by atoms with E-state index in [4.69, 9.17) is 5.11 Å². The van der Waals surface area contributed by atoms with Crippen molar-refractivity contribution in [1.29, 1.82) is 0 Å². The first kappa shape index (κ1) is 11.3. The minimum atomic E-state index is -0.855. The molecule has 0 atom stereocenters. The zero-order chi connectivity index (χ0) is 11.5. The van der Waals surface area contributed by atoms with Crippen molar-refractivity contribution in [2.45, 2.75) is 24.7 Å². The molecule has 0 saturated carbocycles. The van der Waals surface area contributed by atoms with E-state index in [-0.39, 0.29) is 0 Å². The van der Waals surface area contributed by atoms with Crippen molar-refractivity contribution in [2.24, 2.45) is 0 Å². The lowest BCUT2D eigenvalue weighted by atomic mass is 10.0. The highest BCUT2D eigenvalue weighted by Crippen LogP contribution is 2.30. The molecule has 1 aliphatic heterocycles. The summed E-state index contributed by atoms with van der Waals surface area (Å²) in [6, 6.07) is 6.19. The van der Waals surface area contributed by atoms with Crippen molar-refractivity contribution >= 4 is 23.8 Å². The van der Waals surface area contributed by atoms with Crippen LogP contribution < -0.4 is 0 Å². The van der Waals surface area contributed by atoms with Gasteiger partial charge < -0.3 is 5.11 Å². The molecule has 0 bridgehead atoms. The maximum Gasteiger partial charge on any atom is 0.331 e. The van der Waals surface area contributed by atoms with Gasteiger partial charge in [-0.05, 0) is 48.8 Å². The Kier molecular flexibility index (Phi) is 3.34. The highest BCUT2D eigenvalue weighted by Gasteiger charge is 2.09. The first-order valence-corrected chi connectivity index (χ1v) is 6.33. The van der Waals surface area contributed by atoms with E-state index in [2.05, 4.69) is 12.1 Å². The van der Waals surface area contributed by atoms with Gasteiger partial charge in [-0.25, -0.2) is 4.79 Å². The summed E-state index contributed by atoms with van der Waals surface area (Å²) in [4.78, 5) is 12.1. The Morgan fingerprint density at radius 3 is 3.06 bits per heavy atom. The number of hydrogen-bond donors (Lipinski definition) is 1. The smallest absolute Gasteiger partial charge is 0.331 e. The van der Waals surface area contributed by atoms with Crippen molar-refractivity contribution in [2.75, 3.05) is 5.75 Å². The van der Waals surface area contributed by atoms with Crippen molar-refractivity contribution < 1.29 is 9.90 Å². The maximum atomic E-state index is 10.7. The van der Waals surface area contributed by atoms with Crippen LogP contribution in [0.15, 0.2) is 28.7 Å². The Hall–Kier alpha value is -1.22. The summed E-state index contributed by atoms with van der Waals surface area (Å²) in [5.74, 6) is 0.336. The second kappa shape index (κ2) is 4.74. The molecule has 0 aromatic heterocycles. The van der Waals surface area contributed by atoms with Crippen LogP contribution in [0.2, 0.25) is 0 Å². The molecule has 0 amide bonds. The lowest BCUT2D eigenvalue weighted by Gasteiger charge is -2.15. The molecule has 84 valence electrons. The Bertz CT molecular complexity index is 449. The second-order valence-corrected chi connectivity index (χ2v) is 5.09. The van der Waals surface area contributed by atoms with Crippen molar-refractivity contribution in [1.82, 2.24) is 0 Å². The molecule has 1 aliphatic rings. The zero-order valence-corrected chi connectivity index (χ0v) is 10.0. The summed E-state index contributed by atoms with van der Waals surface area (Å²) in [5.41, 5.74) is 2.72. The summed E-state index contributed by atoms with van der Waals surface area (Å²) in [6.45, 7) is 1.62. The third-order valence-corrected chi connectivity index (χ3v) is 3.86. The summed E-state index contributed by atoms with van der Waals surface area (Å²) in [7, 11) is 0. The second-order valence-electron chi connectivity index (χ2n) is 3.95. The molecular formula is C13H14O2S.